The molecule has 2 aliphatic heterocycles. The fraction of sp³-hybridized carbons (Fsp3) is 0.727. The molecule has 0 aromatic heterocycles. The molecule has 1 aromatic carbocycles. The maximum atomic E-state index is 13.8. The van der Waals surface area contributed by atoms with Crippen LogP contribution in [0.15, 0.2) is 18.2 Å². The summed E-state index contributed by atoms with van der Waals surface area (Å²) in [6, 6.07) is 3.66. The Bertz CT molecular complexity index is 1210. The molecule has 258 valence electrons. The molecule has 2 N–H and O–H groups in total. The molecule has 46 heavy (non-hydrogen) atoms. The Balaban J connectivity index is 1.48. The van der Waals surface area contributed by atoms with Crippen molar-refractivity contribution in [3.63, 3.8) is 0 Å². The Kier molecular flexibility index (Phi) is 11.3. The third-order valence-electron chi connectivity index (χ3n) is 8.35. The average molecular weight is 655 g/mol. The van der Waals surface area contributed by atoms with Gasteiger partial charge in [-0.05, 0) is 96.9 Å². The Morgan fingerprint density at radius 2 is 1.57 bits per heavy atom. The van der Waals surface area contributed by atoms with Crippen molar-refractivity contribution < 1.29 is 41.8 Å². The quantitative estimate of drug-likeness (QED) is 0.381. The molecule has 10 nitrogen and oxygen atoms in total. The fourth-order valence-corrected chi connectivity index (χ4v) is 6.24. The van der Waals surface area contributed by atoms with E-state index in [2.05, 4.69) is 10.6 Å². The Labute approximate surface area is 269 Å². The van der Waals surface area contributed by atoms with Crippen molar-refractivity contribution in [2.45, 2.75) is 116 Å². The zero-order valence-corrected chi connectivity index (χ0v) is 27.8. The first-order chi connectivity index (χ1) is 21.4. The monoisotopic (exact) mass is 654 g/mol. The van der Waals surface area contributed by atoms with Crippen LogP contribution >= 0.6 is 0 Å². The second-order valence-corrected chi connectivity index (χ2v) is 14.5. The molecule has 3 amide bonds. The maximum absolute atomic E-state index is 13.8. The van der Waals surface area contributed by atoms with E-state index in [1.807, 2.05) is 0 Å². The highest BCUT2D eigenvalue weighted by Crippen LogP contribution is 2.36. The lowest BCUT2D eigenvalue weighted by atomic mass is 9.92. The van der Waals surface area contributed by atoms with Gasteiger partial charge < -0.3 is 29.7 Å². The van der Waals surface area contributed by atoms with Gasteiger partial charge in [0, 0.05) is 57.4 Å². The first-order valence-electron chi connectivity index (χ1n) is 16.2. The van der Waals surface area contributed by atoms with E-state index in [9.17, 15) is 27.6 Å². The van der Waals surface area contributed by atoms with Gasteiger partial charge in [-0.25, -0.2) is 14.5 Å². The van der Waals surface area contributed by atoms with E-state index in [0.29, 0.717) is 30.0 Å². The van der Waals surface area contributed by atoms with Crippen LogP contribution in [0.1, 0.15) is 96.4 Å². The number of benzene rings is 1. The lowest BCUT2D eigenvalue weighted by Crippen LogP contribution is -2.48. The molecule has 0 radical (unpaired) electrons. The summed E-state index contributed by atoms with van der Waals surface area (Å²) in [6.45, 7) is 11.8. The van der Waals surface area contributed by atoms with Crippen LogP contribution in [0, 0.1) is 5.92 Å². The number of ether oxygens (including phenoxy) is 3. The summed E-state index contributed by atoms with van der Waals surface area (Å²) in [5.74, 6) is -0.296. The van der Waals surface area contributed by atoms with E-state index >= 15 is 0 Å². The van der Waals surface area contributed by atoms with Crippen LogP contribution in [0.3, 0.4) is 0 Å². The van der Waals surface area contributed by atoms with Crippen LogP contribution in [0.5, 0.6) is 0 Å². The van der Waals surface area contributed by atoms with E-state index in [1.54, 1.807) is 46.4 Å². The molecule has 2 heterocycles. The number of hydrogen-bond acceptors (Lipinski definition) is 8. The van der Waals surface area contributed by atoms with Gasteiger partial charge in [-0.1, -0.05) is 6.07 Å². The molecule has 0 spiro atoms. The number of nitrogens with one attached hydrogen (secondary N) is 2. The third-order valence-corrected chi connectivity index (χ3v) is 8.35. The normalized spacial score (nSPS) is 22.7. The summed E-state index contributed by atoms with van der Waals surface area (Å²) in [5.41, 5.74) is -1.43. The second kappa shape index (κ2) is 14.5. The van der Waals surface area contributed by atoms with Gasteiger partial charge >= 0.3 is 18.4 Å². The van der Waals surface area contributed by atoms with Crippen LogP contribution in [0.25, 0.3) is 0 Å². The highest BCUT2D eigenvalue weighted by Gasteiger charge is 2.39. The Morgan fingerprint density at radius 1 is 0.935 bits per heavy atom. The van der Waals surface area contributed by atoms with Crippen molar-refractivity contribution in [2.24, 2.45) is 5.92 Å². The van der Waals surface area contributed by atoms with Gasteiger partial charge in [-0.2, -0.15) is 13.2 Å². The molecular weight excluding hydrogens is 605 g/mol. The predicted molar refractivity (Wildman–Crippen MR) is 165 cm³/mol. The lowest BCUT2D eigenvalue weighted by Gasteiger charge is -2.37. The average Bonchev–Trinajstić information content (AvgIpc) is 3.40. The van der Waals surface area contributed by atoms with Crippen LogP contribution in [-0.2, 0) is 31.7 Å². The van der Waals surface area contributed by atoms with Crippen molar-refractivity contribution in [1.82, 2.24) is 20.4 Å². The molecule has 1 aliphatic carbocycles. The van der Waals surface area contributed by atoms with E-state index < -0.39 is 41.2 Å². The zero-order valence-electron chi connectivity index (χ0n) is 27.8. The van der Waals surface area contributed by atoms with Crippen LogP contribution in [0.4, 0.5) is 22.8 Å². The molecule has 3 unspecified atom stereocenters. The summed E-state index contributed by atoms with van der Waals surface area (Å²) in [6.07, 6.45) is -2.14. The largest absolute Gasteiger partial charge is 0.443 e. The number of carbonyl (C=O) groups is 3. The zero-order chi connectivity index (χ0) is 33.9. The van der Waals surface area contributed by atoms with E-state index in [1.165, 1.54) is 6.07 Å². The molecule has 0 bridgehead atoms. The Hall–Kier alpha value is -2.90. The molecule has 1 saturated carbocycles. The summed E-state index contributed by atoms with van der Waals surface area (Å²) in [7, 11) is 0. The van der Waals surface area contributed by atoms with Crippen LogP contribution in [0.2, 0.25) is 0 Å². The summed E-state index contributed by atoms with van der Waals surface area (Å²) in [4.78, 5) is 42.2. The molecule has 3 aliphatic rings. The van der Waals surface area contributed by atoms with Gasteiger partial charge in [0.25, 0.3) is 0 Å². The molecule has 3 atom stereocenters. The number of halogens is 3. The highest BCUT2D eigenvalue weighted by molar-refractivity contribution is 5.88. The molecule has 13 heteroatoms. The SMILES string of the molecule is CC(C)(C)OC(=O)N(CCNC1CN(C(=O)C2CCC(NC3CCOCC3)C2)Cc2cc(C(F)(F)F)ccc21)C(=O)OC(C)(C)C. The minimum absolute atomic E-state index is 0.0738. The van der Waals surface area contributed by atoms with Crippen molar-refractivity contribution in [3.8, 4) is 0 Å². The van der Waals surface area contributed by atoms with Gasteiger partial charge in [0.05, 0.1) is 11.6 Å². The first kappa shape index (κ1) is 35.9. The maximum Gasteiger partial charge on any atom is 0.419 e. The predicted octanol–water partition coefficient (Wildman–Crippen LogP) is 5.79. The van der Waals surface area contributed by atoms with Gasteiger partial charge in [0.2, 0.25) is 5.91 Å². The fourth-order valence-electron chi connectivity index (χ4n) is 6.24. The topological polar surface area (TPSA) is 109 Å². The Morgan fingerprint density at radius 3 is 2.15 bits per heavy atom. The van der Waals surface area contributed by atoms with Crippen molar-refractivity contribution in [1.29, 1.82) is 0 Å². The number of carbonyl (C=O) groups excluding carboxylic acids is 3. The first-order valence-corrected chi connectivity index (χ1v) is 16.2. The summed E-state index contributed by atoms with van der Waals surface area (Å²) in [5, 5.41) is 6.95. The molecular formula is C33H49F3N4O6. The number of amides is 3. The van der Waals surface area contributed by atoms with Gasteiger partial charge in [-0.3, -0.25) is 4.79 Å². The van der Waals surface area contributed by atoms with Crippen molar-refractivity contribution >= 4 is 18.1 Å². The number of nitrogens with zero attached hydrogens (tertiary/aromatic N) is 2. The molecule has 4 rings (SSSR count). The standard InChI is InChI=1S/C33H49F3N4O6/c1-31(2,3)45-29(42)40(30(43)46-32(4,5)6)14-13-37-27-20-39(19-22-17-23(33(34,35)36)8-10-26(22)27)28(41)21-7-9-25(18-21)38-24-11-15-44-16-12-24/h8,10,17,21,24-25,27,37-38H,7,9,11-16,18-20H2,1-6H3. The summed E-state index contributed by atoms with van der Waals surface area (Å²) >= 11 is 0. The van der Waals surface area contributed by atoms with Gasteiger partial charge in [-0.15, -0.1) is 0 Å². The number of rotatable bonds is 7. The van der Waals surface area contributed by atoms with E-state index in [4.69, 9.17) is 14.2 Å². The second-order valence-electron chi connectivity index (χ2n) is 14.5. The number of fused-ring (bicyclic) bond motifs is 1. The van der Waals surface area contributed by atoms with Crippen LogP contribution < -0.4 is 10.6 Å². The van der Waals surface area contributed by atoms with E-state index in [0.717, 1.165) is 49.5 Å². The number of alkyl halides is 3. The van der Waals surface area contributed by atoms with E-state index in [-0.39, 0.29) is 44.0 Å². The minimum Gasteiger partial charge on any atom is -0.443 e. The third kappa shape index (κ3) is 10.0. The van der Waals surface area contributed by atoms with Crippen LogP contribution in [-0.4, -0.2) is 84.0 Å². The van der Waals surface area contributed by atoms with Crippen molar-refractivity contribution in [2.75, 3.05) is 32.8 Å². The molecule has 1 saturated heterocycles. The van der Waals surface area contributed by atoms with Gasteiger partial charge in [0.15, 0.2) is 0 Å². The van der Waals surface area contributed by atoms with Crippen molar-refractivity contribution in [3.05, 3.63) is 34.9 Å². The number of hydrogen-bond donors (Lipinski definition) is 2. The smallest absolute Gasteiger partial charge is 0.419 e. The highest BCUT2D eigenvalue weighted by atomic mass is 19.4. The summed E-state index contributed by atoms with van der Waals surface area (Å²) < 4.78 is 57.3. The molecule has 1 aromatic rings. The molecule has 2 fully saturated rings. The minimum atomic E-state index is -4.53. The van der Waals surface area contributed by atoms with Gasteiger partial charge in [0.1, 0.15) is 11.2 Å². The number of imide groups is 1. The lowest BCUT2D eigenvalue weighted by molar-refractivity contribution is -0.137.